The number of fused-ring (bicyclic) bond motifs is 1. The van der Waals surface area contributed by atoms with E-state index in [1.807, 2.05) is 43.3 Å². The molecule has 3 heterocycles. The van der Waals surface area contributed by atoms with Crippen LogP contribution in [0, 0.1) is 12.7 Å². The molecule has 2 saturated heterocycles. The first-order chi connectivity index (χ1) is 24.1. The van der Waals surface area contributed by atoms with Gasteiger partial charge in [0, 0.05) is 48.4 Å². The first kappa shape index (κ1) is 34.0. The number of rotatable bonds is 9. The molecule has 0 spiro atoms. The second-order valence-corrected chi connectivity index (χ2v) is 13.3. The molecule has 0 aliphatic carbocycles. The molecule has 5 aromatic rings. The third-order valence-electron chi connectivity index (χ3n) is 9.78. The lowest BCUT2D eigenvalue weighted by molar-refractivity contribution is -0.137. The molecule has 0 amide bonds. The fraction of sp³-hybridized carbons (Fsp3) is 0.325. The van der Waals surface area contributed by atoms with E-state index >= 15 is 4.39 Å². The van der Waals surface area contributed by atoms with Crippen molar-refractivity contribution in [3.8, 4) is 28.3 Å². The number of oxazole rings is 1. The SMILES string of the molecule is COc1cc(/C=C/c2cccc(-c3cccc(-c4nc5cc(CN6CC[C@@H](O)C6)ccc5o4)c3C)c2F)c(C(F)(F)F)cc1CN1CCCC1. The lowest BCUT2D eigenvalue weighted by Gasteiger charge is -2.20. The average molecular weight is 686 g/mol. The van der Waals surface area contributed by atoms with Crippen LogP contribution in [-0.4, -0.2) is 59.3 Å². The standard InChI is InChI=1S/C40H39F4N3O3/c1-25-31(8-6-9-32(25)39-45-35-19-26(11-14-36(35)50-39)22-47-18-15-30(48)24-47)33-10-5-7-27(38(33)41)12-13-28-21-37(49-2)29(20-34(28)40(42,43)44)23-46-16-3-4-17-46/h5-14,19-21,30,48H,3-4,15-18,22-24H2,1-2H3/b13-12+/t30-/m1/s1. The summed E-state index contributed by atoms with van der Waals surface area (Å²) >= 11 is 0. The Morgan fingerprint density at radius 2 is 1.64 bits per heavy atom. The predicted octanol–water partition coefficient (Wildman–Crippen LogP) is 8.97. The molecular formula is C40H39F4N3O3. The van der Waals surface area contributed by atoms with Crippen LogP contribution < -0.4 is 4.74 Å². The quantitative estimate of drug-likeness (QED) is 0.124. The summed E-state index contributed by atoms with van der Waals surface area (Å²) in [6.45, 7) is 6.13. The minimum Gasteiger partial charge on any atom is -0.496 e. The Labute approximate surface area is 288 Å². The average Bonchev–Trinajstić information content (AvgIpc) is 3.86. The number of alkyl halides is 3. The van der Waals surface area contributed by atoms with E-state index in [0.717, 1.165) is 56.1 Å². The number of nitrogens with zero attached hydrogens (tertiary/aromatic N) is 3. The number of halogens is 4. The number of methoxy groups -OCH3 is 1. The largest absolute Gasteiger partial charge is 0.496 e. The molecule has 10 heteroatoms. The van der Waals surface area contributed by atoms with Gasteiger partial charge in [0.25, 0.3) is 0 Å². The summed E-state index contributed by atoms with van der Waals surface area (Å²) < 4.78 is 70.7. The monoisotopic (exact) mass is 685 g/mol. The van der Waals surface area contributed by atoms with Crippen molar-refractivity contribution in [2.24, 2.45) is 0 Å². The number of likely N-dealkylation sites (tertiary alicyclic amines) is 2. The van der Waals surface area contributed by atoms with Gasteiger partial charge in [0.2, 0.25) is 5.89 Å². The summed E-state index contributed by atoms with van der Waals surface area (Å²) in [6.07, 6.45) is 0.600. The van der Waals surface area contributed by atoms with Crippen LogP contribution in [-0.2, 0) is 19.3 Å². The first-order valence-corrected chi connectivity index (χ1v) is 16.9. The van der Waals surface area contributed by atoms with E-state index in [0.29, 0.717) is 64.6 Å². The van der Waals surface area contributed by atoms with E-state index in [4.69, 9.17) is 14.1 Å². The van der Waals surface area contributed by atoms with Crippen molar-refractivity contribution < 1.29 is 31.8 Å². The molecule has 6 nitrogen and oxygen atoms in total. The van der Waals surface area contributed by atoms with Crippen LogP contribution in [0.5, 0.6) is 5.75 Å². The van der Waals surface area contributed by atoms with Gasteiger partial charge in [0.15, 0.2) is 5.58 Å². The molecular weight excluding hydrogens is 646 g/mol. The van der Waals surface area contributed by atoms with Crippen molar-refractivity contribution in [3.05, 3.63) is 106 Å². The van der Waals surface area contributed by atoms with Crippen molar-refractivity contribution in [3.63, 3.8) is 0 Å². The second kappa shape index (κ2) is 14.0. The van der Waals surface area contributed by atoms with E-state index in [9.17, 15) is 18.3 Å². The number of benzene rings is 4. The van der Waals surface area contributed by atoms with Gasteiger partial charge in [-0.25, -0.2) is 9.37 Å². The maximum Gasteiger partial charge on any atom is 0.417 e. The molecule has 0 radical (unpaired) electrons. The molecule has 0 saturated carbocycles. The number of hydrogen-bond acceptors (Lipinski definition) is 6. The Hall–Kier alpha value is -4.51. The fourth-order valence-electron chi connectivity index (χ4n) is 7.14. The Kier molecular flexibility index (Phi) is 9.52. The number of hydrogen-bond donors (Lipinski definition) is 1. The lowest BCUT2D eigenvalue weighted by atomic mass is 9.94. The Balaban J connectivity index is 1.18. The normalized spacial score (nSPS) is 17.5. The van der Waals surface area contributed by atoms with Gasteiger partial charge < -0.3 is 14.3 Å². The summed E-state index contributed by atoms with van der Waals surface area (Å²) in [5.41, 5.74) is 4.55. The van der Waals surface area contributed by atoms with Gasteiger partial charge >= 0.3 is 6.18 Å². The van der Waals surface area contributed by atoms with Crippen LogP contribution >= 0.6 is 0 Å². The molecule has 0 bridgehead atoms. The van der Waals surface area contributed by atoms with Crippen LogP contribution in [0.4, 0.5) is 17.6 Å². The molecule has 4 aromatic carbocycles. The van der Waals surface area contributed by atoms with Crippen molar-refractivity contribution in [1.29, 1.82) is 0 Å². The third-order valence-corrected chi connectivity index (χ3v) is 9.78. The van der Waals surface area contributed by atoms with E-state index < -0.39 is 17.6 Å². The summed E-state index contributed by atoms with van der Waals surface area (Å²) in [6, 6.07) is 18.8. The molecule has 1 atom stereocenters. The minimum absolute atomic E-state index is 0.0976. The fourth-order valence-corrected chi connectivity index (χ4v) is 7.14. The molecule has 2 fully saturated rings. The second-order valence-electron chi connectivity index (χ2n) is 13.3. The molecule has 1 aromatic heterocycles. The summed E-state index contributed by atoms with van der Waals surface area (Å²) in [7, 11) is 1.45. The van der Waals surface area contributed by atoms with Crippen LogP contribution in [0.1, 0.15) is 52.6 Å². The maximum atomic E-state index is 16.2. The van der Waals surface area contributed by atoms with Crippen LogP contribution in [0.2, 0.25) is 0 Å². The van der Waals surface area contributed by atoms with E-state index in [-0.39, 0.29) is 17.2 Å². The number of β-amino-alcohol motifs (C(OH)–C–C–N with tert-alkyl or cyclic N) is 1. The van der Waals surface area contributed by atoms with Crippen molar-refractivity contribution in [1.82, 2.24) is 14.8 Å². The minimum atomic E-state index is -4.60. The van der Waals surface area contributed by atoms with Gasteiger partial charge in [-0.3, -0.25) is 9.80 Å². The molecule has 2 aliphatic rings. The van der Waals surface area contributed by atoms with Crippen molar-refractivity contribution in [2.75, 3.05) is 33.3 Å². The molecule has 1 N–H and O–H groups in total. The topological polar surface area (TPSA) is 62.0 Å². The molecule has 50 heavy (non-hydrogen) atoms. The number of aromatic nitrogens is 1. The first-order valence-electron chi connectivity index (χ1n) is 16.9. The number of aliphatic hydroxyl groups excluding tert-OH is 1. The highest BCUT2D eigenvalue weighted by Crippen LogP contribution is 2.39. The number of aliphatic hydroxyl groups is 1. The maximum absolute atomic E-state index is 16.2. The van der Waals surface area contributed by atoms with Crippen molar-refractivity contribution in [2.45, 2.75) is 51.6 Å². The molecule has 0 unspecified atom stereocenters. The molecule has 2 aliphatic heterocycles. The number of ether oxygens (including phenoxy) is 1. The van der Waals surface area contributed by atoms with E-state index in [1.165, 1.54) is 25.3 Å². The molecule has 260 valence electrons. The highest BCUT2D eigenvalue weighted by molar-refractivity contribution is 5.82. The summed E-state index contributed by atoms with van der Waals surface area (Å²) in [5.74, 6) is 0.226. The highest BCUT2D eigenvalue weighted by atomic mass is 19.4. The Morgan fingerprint density at radius 1 is 0.900 bits per heavy atom. The van der Waals surface area contributed by atoms with Crippen molar-refractivity contribution >= 4 is 23.3 Å². The van der Waals surface area contributed by atoms with Gasteiger partial charge in [-0.05, 0) is 91.9 Å². The zero-order valence-corrected chi connectivity index (χ0v) is 28.1. The van der Waals surface area contributed by atoms with E-state index in [1.54, 1.807) is 18.2 Å². The molecule has 7 rings (SSSR count). The third kappa shape index (κ3) is 7.06. The van der Waals surface area contributed by atoms with Gasteiger partial charge in [0.1, 0.15) is 17.1 Å². The van der Waals surface area contributed by atoms with E-state index in [2.05, 4.69) is 9.80 Å². The Morgan fingerprint density at radius 3 is 2.38 bits per heavy atom. The predicted molar refractivity (Wildman–Crippen MR) is 187 cm³/mol. The zero-order chi connectivity index (χ0) is 35.0. The summed E-state index contributed by atoms with van der Waals surface area (Å²) in [4.78, 5) is 9.09. The smallest absolute Gasteiger partial charge is 0.417 e. The van der Waals surface area contributed by atoms with Crippen LogP contribution in [0.15, 0.2) is 71.1 Å². The van der Waals surface area contributed by atoms with Gasteiger partial charge in [0.05, 0.1) is 18.8 Å². The lowest BCUT2D eigenvalue weighted by Crippen LogP contribution is -2.21. The van der Waals surface area contributed by atoms with Crippen LogP contribution in [0.25, 0.3) is 45.8 Å². The Bertz CT molecular complexity index is 2050. The highest BCUT2D eigenvalue weighted by Gasteiger charge is 2.34. The van der Waals surface area contributed by atoms with Gasteiger partial charge in [-0.15, -0.1) is 0 Å². The van der Waals surface area contributed by atoms with Crippen LogP contribution in [0.3, 0.4) is 0 Å². The van der Waals surface area contributed by atoms with Gasteiger partial charge in [-0.2, -0.15) is 13.2 Å². The zero-order valence-electron chi connectivity index (χ0n) is 28.1. The van der Waals surface area contributed by atoms with Gasteiger partial charge in [-0.1, -0.05) is 48.6 Å². The summed E-state index contributed by atoms with van der Waals surface area (Å²) in [5, 5.41) is 9.88.